The molecule has 1 fully saturated rings. The number of aliphatic imine (C=N–C) groups is 1. The van der Waals surface area contributed by atoms with Crippen LogP contribution in [0.25, 0.3) is 17.0 Å². The third-order valence-corrected chi connectivity index (χ3v) is 6.63. The van der Waals surface area contributed by atoms with Gasteiger partial charge in [0, 0.05) is 39.8 Å². The van der Waals surface area contributed by atoms with E-state index in [9.17, 15) is 4.79 Å². The molecule has 0 spiro atoms. The number of thioether (sulfide) groups is 1. The Kier molecular flexibility index (Phi) is 5.55. The summed E-state index contributed by atoms with van der Waals surface area (Å²) in [4.78, 5) is 20.4. The summed E-state index contributed by atoms with van der Waals surface area (Å²) in [5.41, 5.74) is 3.53. The number of hydrogen-bond donors (Lipinski definition) is 0. The quantitative estimate of drug-likeness (QED) is 0.290. The van der Waals surface area contributed by atoms with Crippen LogP contribution in [0.15, 0.2) is 88.9 Å². The normalized spacial score (nSPS) is 16.6. The number of aryl methyl sites for hydroxylation is 1. The van der Waals surface area contributed by atoms with Crippen LogP contribution >= 0.6 is 35.0 Å². The van der Waals surface area contributed by atoms with Gasteiger partial charge in [0.15, 0.2) is 5.17 Å². The molecule has 1 saturated heterocycles. The fourth-order valence-electron chi connectivity index (χ4n) is 3.62. The lowest BCUT2D eigenvalue weighted by molar-refractivity contribution is -0.113. The van der Waals surface area contributed by atoms with Crippen LogP contribution in [0.5, 0.6) is 0 Å². The first-order chi connectivity index (χ1) is 15.5. The van der Waals surface area contributed by atoms with Gasteiger partial charge in [-0.25, -0.2) is 4.99 Å². The SMILES string of the molecule is Cn1cc(/C=C2\SC(=Nc3ccc(Cl)cc3)N(c3ccc(Cl)cc3)C2=O)c2ccccc21. The van der Waals surface area contributed by atoms with Crippen LogP contribution in [0.4, 0.5) is 11.4 Å². The van der Waals surface area contributed by atoms with Gasteiger partial charge in [0.2, 0.25) is 0 Å². The summed E-state index contributed by atoms with van der Waals surface area (Å²) in [6, 6.07) is 22.5. The van der Waals surface area contributed by atoms with E-state index in [1.165, 1.54) is 11.8 Å². The number of anilines is 1. The lowest BCUT2D eigenvalue weighted by atomic mass is 10.1. The zero-order chi connectivity index (χ0) is 22.2. The molecule has 0 radical (unpaired) electrons. The van der Waals surface area contributed by atoms with E-state index in [1.807, 2.05) is 55.7 Å². The number of aromatic nitrogens is 1. The summed E-state index contributed by atoms with van der Waals surface area (Å²) in [7, 11) is 2.00. The molecule has 0 unspecified atom stereocenters. The third kappa shape index (κ3) is 3.95. The number of nitrogens with zero attached hydrogens (tertiary/aromatic N) is 3. The number of carbonyl (C=O) groups is 1. The second-order valence-electron chi connectivity index (χ2n) is 7.31. The van der Waals surface area contributed by atoms with E-state index in [4.69, 9.17) is 28.2 Å². The standard InChI is InChI=1S/C25H17Cl2N3OS/c1-29-15-16(21-4-2-3-5-22(21)29)14-23-24(31)30(20-12-8-18(27)9-13-20)25(32-23)28-19-10-6-17(26)7-11-19/h2-15H,1H3/b23-14-,28-25?. The van der Waals surface area contributed by atoms with Gasteiger partial charge in [-0.1, -0.05) is 41.4 Å². The molecule has 3 aromatic carbocycles. The second kappa shape index (κ2) is 8.51. The van der Waals surface area contributed by atoms with Crippen molar-refractivity contribution in [3.63, 3.8) is 0 Å². The lowest BCUT2D eigenvalue weighted by Gasteiger charge is -2.15. The van der Waals surface area contributed by atoms with Crippen molar-refractivity contribution in [1.29, 1.82) is 0 Å². The minimum absolute atomic E-state index is 0.127. The highest BCUT2D eigenvalue weighted by Gasteiger charge is 2.35. The van der Waals surface area contributed by atoms with Crippen LogP contribution in [0.1, 0.15) is 5.56 Å². The van der Waals surface area contributed by atoms with Gasteiger partial charge in [-0.2, -0.15) is 0 Å². The van der Waals surface area contributed by atoms with Crippen LogP contribution in [0.3, 0.4) is 0 Å². The zero-order valence-corrected chi connectivity index (χ0v) is 19.3. The molecule has 4 aromatic rings. The van der Waals surface area contributed by atoms with E-state index < -0.39 is 0 Å². The van der Waals surface area contributed by atoms with Crippen molar-refractivity contribution < 1.29 is 4.79 Å². The largest absolute Gasteiger partial charge is 0.350 e. The van der Waals surface area contributed by atoms with E-state index in [0.717, 1.165) is 22.2 Å². The van der Waals surface area contributed by atoms with E-state index in [1.54, 1.807) is 29.2 Å². The number of amides is 1. The third-order valence-electron chi connectivity index (χ3n) is 5.16. The Balaban J connectivity index is 1.61. The summed E-state index contributed by atoms with van der Waals surface area (Å²) in [6.07, 6.45) is 3.97. The van der Waals surface area contributed by atoms with Crippen LogP contribution < -0.4 is 4.90 Å². The molecule has 0 aliphatic carbocycles. The molecule has 1 aliphatic heterocycles. The number of rotatable bonds is 3. The average Bonchev–Trinajstić information content (AvgIpc) is 3.27. The first-order valence-electron chi connectivity index (χ1n) is 9.87. The molecule has 32 heavy (non-hydrogen) atoms. The maximum absolute atomic E-state index is 13.5. The number of halogens is 2. The van der Waals surface area contributed by atoms with E-state index in [-0.39, 0.29) is 5.91 Å². The molecule has 4 nitrogen and oxygen atoms in total. The van der Waals surface area contributed by atoms with Crippen molar-refractivity contribution >= 4 is 74.4 Å². The Morgan fingerprint density at radius 1 is 0.906 bits per heavy atom. The van der Waals surface area contributed by atoms with Crippen molar-refractivity contribution in [2.24, 2.45) is 12.0 Å². The molecule has 158 valence electrons. The predicted molar refractivity (Wildman–Crippen MR) is 136 cm³/mol. The highest BCUT2D eigenvalue weighted by Crippen LogP contribution is 2.38. The minimum Gasteiger partial charge on any atom is -0.350 e. The Labute approximate surface area is 199 Å². The van der Waals surface area contributed by atoms with Gasteiger partial charge in [-0.15, -0.1) is 0 Å². The molecule has 0 saturated carbocycles. The number of para-hydroxylation sites is 1. The Bertz CT molecular complexity index is 1390. The number of hydrogen-bond acceptors (Lipinski definition) is 3. The maximum Gasteiger partial charge on any atom is 0.271 e. The van der Waals surface area contributed by atoms with Crippen molar-refractivity contribution in [2.75, 3.05) is 4.90 Å². The monoisotopic (exact) mass is 477 g/mol. The smallest absolute Gasteiger partial charge is 0.271 e. The molecule has 7 heteroatoms. The fraction of sp³-hybridized carbons (Fsp3) is 0.0400. The summed E-state index contributed by atoms with van der Waals surface area (Å²) in [5.74, 6) is -0.127. The minimum atomic E-state index is -0.127. The molecule has 5 rings (SSSR count). The summed E-state index contributed by atoms with van der Waals surface area (Å²) < 4.78 is 2.06. The van der Waals surface area contributed by atoms with Gasteiger partial charge in [0.25, 0.3) is 5.91 Å². The van der Waals surface area contributed by atoms with Gasteiger partial charge in [0.05, 0.1) is 16.3 Å². The molecule has 0 atom stereocenters. The topological polar surface area (TPSA) is 37.6 Å². The Morgan fingerprint density at radius 3 is 2.28 bits per heavy atom. The van der Waals surface area contributed by atoms with Gasteiger partial charge in [-0.05, 0) is 72.4 Å². The first kappa shape index (κ1) is 20.9. The Morgan fingerprint density at radius 2 is 1.56 bits per heavy atom. The van der Waals surface area contributed by atoms with Crippen LogP contribution in [-0.2, 0) is 11.8 Å². The summed E-state index contributed by atoms with van der Waals surface area (Å²) in [6.45, 7) is 0. The molecule has 2 heterocycles. The lowest BCUT2D eigenvalue weighted by Crippen LogP contribution is -2.28. The van der Waals surface area contributed by atoms with E-state index in [2.05, 4.69) is 16.7 Å². The van der Waals surface area contributed by atoms with Crippen LogP contribution in [-0.4, -0.2) is 15.6 Å². The highest BCUT2D eigenvalue weighted by molar-refractivity contribution is 8.19. The predicted octanol–water partition coefficient (Wildman–Crippen LogP) is 7.29. The molecule has 1 aromatic heterocycles. The molecular formula is C25H17Cl2N3OS. The molecule has 0 bridgehead atoms. The van der Waals surface area contributed by atoms with Gasteiger partial charge >= 0.3 is 0 Å². The molecule has 1 aliphatic rings. The van der Waals surface area contributed by atoms with Crippen molar-refractivity contribution in [1.82, 2.24) is 4.57 Å². The highest BCUT2D eigenvalue weighted by atomic mass is 35.5. The number of amidine groups is 1. The van der Waals surface area contributed by atoms with Crippen LogP contribution in [0, 0.1) is 0 Å². The number of carbonyl (C=O) groups excluding carboxylic acids is 1. The van der Waals surface area contributed by atoms with Crippen molar-refractivity contribution in [3.8, 4) is 0 Å². The first-order valence-corrected chi connectivity index (χ1v) is 11.4. The second-order valence-corrected chi connectivity index (χ2v) is 9.19. The number of fused-ring (bicyclic) bond motifs is 1. The van der Waals surface area contributed by atoms with Gasteiger partial charge < -0.3 is 4.57 Å². The number of benzene rings is 3. The van der Waals surface area contributed by atoms with E-state index >= 15 is 0 Å². The van der Waals surface area contributed by atoms with E-state index in [0.29, 0.717) is 25.8 Å². The molecule has 1 amide bonds. The fourth-order valence-corrected chi connectivity index (χ4v) is 4.87. The average molecular weight is 478 g/mol. The zero-order valence-electron chi connectivity index (χ0n) is 17.0. The molecular weight excluding hydrogens is 461 g/mol. The van der Waals surface area contributed by atoms with Crippen molar-refractivity contribution in [2.45, 2.75) is 0 Å². The van der Waals surface area contributed by atoms with Gasteiger partial charge in [0.1, 0.15) is 0 Å². The van der Waals surface area contributed by atoms with Crippen molar-refractivity contribution in [3.05, 3.63) is 99.5 Å². The maximum atomic E-state index is 13.5. The van der Waals surface area contributed by atoms with Crippen LogP contribution in [0.2, 0.25) is 10.0 Å². The Hall–Kier alpha value is -2.99. The van der Waals surface area contributed by atoms with Gasteiger partial charge in [-0.3, -0.25) is 9.69 Å². The summed E-state index contributed by atoms with van der Waals surface area (Å²) in [5, 5.41) is 2.91. The molecule has 0 N–H and O–H groups in total. The summed E-state index contributed by atoms with van der Waals surface area (Å²) >= 11 is 13.4.